The van der Waals surface area contributed by atoms with Gasteiger partial charge < -0.3 is 14.7 Å². The second-order valence-electron chi connectivity index (χ2n) is 4.17. The lowest BCUT2D eigenvalue weighted by Crippen LogP contribution is -2.31. The molecule has 5 nitrogen and oxygen atoms in total. The van der Waals surface area contributed by atoms with Gasteiger partial charge in [0.25, 0.3) is 0 Å². The Morgan fingerprint density at radius 1 is 1.56 bits per heavy atom. The Kier molecular flexibility index (Phi) is 5.74. The number of carbonyl (C=O) groups is 1. The highest BCUT2D eigenvalue weighted by Crippen LogP contribution is 2.12. The molecule has 1 unspecified atom stereocenters. The number of aliphatic hydroxyl groups excluding tert-OH is 1. The van der Waals surface area contributed by atoms with E-state index in [2.05, 4.69) is 4.98 Å². The molecule has 1 atom stereocenters. The van der Waals surface area contributed by atoms with Crippen molar-refractivity contribution in [3.8, 4) is 0 Å². The summed E-state index contributed by atoms with van der Waals surface area (Å²) < 4.78 is 4.87. The molecule has 1 heterocycles. The summed E-state index contributed by atoms with van der Waals surface area (Å²) in [4.78, 5) is 17.4. The lowest BCUT2D eigenvalue weighted by molar-refractivity contribution is 0.0695. The first-order valence-electron chi connectivity index (χ1n) is 5.95. The minimum Gasteiger partial charge on any atom is -0.389 e. The van der Waals surface area contributed by atoms with E-state index >= 15 is 0 Å². The first-order chi connectivity index (χ1) is 8.58. The molecule has 0 saturated heterocycles. The molecule has 0 aliphatic carbocycles. The highest BCUT2D eigenvalue weighted by atomic mass is 16.5. The molecule has 1 aromatic rings. The van der Waals surface area contributed by atoms with Gasteiger partial charge in [0.15, 0.2) is 5.78 Å². The van der Waals surface area contributed by atoms with Gasteiger partial charge in [0.2, 0.25) is 0 Å². The van der Waals surface area contributed by atoms with Gasteiger partial charge >= 0.3 is 0 Å². The van der Waals surface area contributed by atoms with Gasteiger partial charge in [-0.2, -0.15) is 0 Å². The van der Waals surface area contributed by atoms with Crippen LogP contribution in [0.25, 0.3) is 0 Å². The highest BCUT2D eigenvalue weighted by Gasteiger charge is 2.10. The molecular weight excluding hydrogens is 232 g/mol. The average molecular weight is 252 g/mol. The monoisotopic (exact) mass is 252 g/mol. The van der Waals surface area contributed by atoms with Crippen molar-refractivity contribution in [2.75, 3.05) is 32.2 Å². The van der Waals surface area contributed by atoms with Crippen molar-refractivity contribution in [2.45, 2.75) is 19.4 Å². The van der Waals surface area contributed by atoms with Crippen molar-refractivity contribution in [3.05, 3.63) is 24.0 Å². The number of hydrogen-bond donors (Lipinski definition) is 1. The van der Waals surface area contributed by atoms with Crippen LogP contribution in [0.5, 0.6) is 0 Å². The van der Waals surface area contributed by atoms with Crippen molar-refractivity contribution >= 4 is 11.5 Å². The number of pyridine rings is 1. The summed E-state index contributed by atoms with van der Waals surface area (Å²) >= 11 is 0. The van der Waals surface area contributed by atoms with Crippen LogP contribution in [0.4, 0.5) is 5.69 Å². The minimum atomic E-state index is -0.544. The molecule has 0 spiro atoms. The summed E-state index contributed by atoms with van der Waals surface area (Å²) in [5.74, 6) is 0.0311. The third-order valence-electron chi connectivity index (χ3n) is 2.64. The molecule has 5 heteroatoms. The van der Waals surface area contributed by atoms with Gasteiger partial charge in [-0.3, -0.25) is 9.78 Å². The molecule has 18 heavy (non-hydrogen) atoms. The summed E-state index contributed by atoms with van der Waals surface area (Å²) in [6, 6.07) is 3.54. The van der Waals surface area contributed by atoms with Gasteiger partial charge in [-0.1, -0.05) is 6.92 Å². The summed E-state index contributed by atoms with van der Waals surface area (Å²) in [7, 11) is 3.41. The van der Waals surface area contributed by atoms with Gasteiger partial charge in [0.1, 0.15) is 5.69 Å². The van der Waals surface area contributed by atoms with E-state index in [0.717, 1.165) is 5.69 Å². The Morgan fingerprint density at radius 3 is 2.78 bits per heavy atom. The van der Waals surface area contributed by atoms with E-state index in [9.17, 15) is 9.90 Å². The van der Waals surface area contributed by atoms with Crippen LogP contribution in [0.2, 0.25) is 0 Å². The molecule has 1 aromatic heterocycles. The SMILES string of the molecule is CCC(=O)c1ccc(N(C)CC(O)COC)cn1. The summed E-state index contributed by atoms with van der Waals surface area (Å²) in [5, 5.41) is 9.62. The summed E-state index contributed by atoms with van der Waals surface area (Å²) in [5.41, 5.74) is 1.34. The number of anilines is 1. The fourth-order valence-electron chi connectivity index (χ4n) is 1.62. The predicted molar refractivity (Wildman–Crippen MR) is 70.0 cm³/mol. The molecule has 1 rings (SSSR count). The molecular formula is C13H20N2O3. The standard InChI is InChI=1S/C13H20N2O3/c1-4-13(17)12-6-5-10(7-14-12)15(2)8-11(16)9-18-3/h5-7,11,16H,4,8-9H2,1-3H3. The third-order valence-corrected chi connectivity index (χ3v) is 2.64. The van der Waals surface area contributed by atoms with Crippen LogP contribution in [0, 0.1) is 0 Å². The summed E-state index contributed by atoms with van der Waals surface area (Å²) in [6.45, 7) is 2.56. The first kappa shape index (κ1) is 14.6. The number of ether oxygens (including phenoxy) is 1. The van der Waals surface area contributed by atoms with Crippen molar-refractivity contribution in [1.82, 2.24) is 4.98 Å². The van der Waals surface area contributed by atoms with E-state index in [0.29, 0.717) is 25.3 Å². The Hall–Kier alpha value is -1.46. The Bertz CT molecular complexity index is 378. The van der Waals surface area contributed by atoms with Crippen LogP contribution in [0.15, 0.2) is 18.3 Å². The number of Topliss-reactive ketones (excluding diaryl/α,β-unsaturated/α-hetero) is 1. The zero-order valence-corrected chi connectivity index (χ0v) is 11.1. The number of ketones is 1. The molecule has 0 aromatic carbocycles. The molecule has 0 fully saturated rings. The zero-order chi connectivity index (χ0) is 13.5. The Balaban J connectivity index is 2.64. The molecule has 0 aliphatic rings. The average Bonchev–Trinajstić information content (AvgIpc) is 2.38. The molecule has 0 aliphatic heterocycles. The van der Waals surface area contributed by atoms with Gasteiger partial charge in [-0.15, -0.1) is 0 Å². The molecule has 100 valence electrons. The van der Waals surface area contributed by atoms with Crippen molar-refractivity contribution in [1.29, 1.82) is 0 Å². The number of nitrogens with zero attached hydrogens (tertiary/aromatic N) is 2. The topological polar surface area (TPSA) is 62.7 Å². The van der Waals surface area contributed by atoms with Crippen molar-refractivity contribution < 1.29 is 14.6 Å². The van der Waals surface area contributed by atoms with Gasteiger partial charge in [-0.25, -0.2) is 0 Å². The van der Waals surface area contributed by atoms with Crippen LogP contribution < -0.4 is 4.90 Å². The maximum absolute atomic E-state index is 11.4. The van der Waals surface area contributed by atoms with Crippen molar-refractivity contribution in [3.63, 3.8) is 0 Å². The zero-order valence-electron chi connectivity index (χ0n) is 11.1. The predicted octanol–water partition coefficient (Wildman–Crippen LogP) is 1.12. The molecule has 1 N–H and O–H groups in total. The second-order valence-corrected chi connectivity index (χ2v) is 4.17. The van der Waals surface area contributed by atoms with Crippen molar-refractivity contribution in [2.24, 2.45) is 0 Å². The number of aliphatic hydroxyl groups is 1. The summed E-state index contributed by atoms with van der Waals surface area (Å²) in [6.07, 6.45) is 1.55. The molecule has 0 amide bonds. The molecule has 0 bridgehead atoms. The number of aromatic nitrogens is 1. The fraction of sp³-hybridized carbons (Fsp3) is 0.538. The van der Waals surface area contributed by atoms with Crippen LogP contribution in [0.3, 0.4) is 0 Å². The van der Waals surface area contributed by atoms with E-state index in [1.165, 1.54) is 0 Å². The smallest absolute Gasteiger partial charge is 0.180 e. The van der Waals surface area contributed by atoms with E-state index in [1.54, 1.807) is 19.4 Å². The number of methoxy groups -OCH3 is 1. The van der Waals surface area contributed by atoms with E-state index in [1.807, 2.05) is 24.9 Å². The maximum Gasteiger partial charge on any atom is 0.180 e. The third kappa shape index (κ3) is 4.09. The van der Waals surface area contributed by atoms with Crippen LogP contribution >= 0.6 is 0 Å². The quantitative estimate of drug-likeness (QED) is 0.737. The van der Waals surface area contributed by atoms with Crippen LogP contribution in [0.1, 0.15) is 23.8 Å². The fourth-order valence-corrected chi connectivity index (χ4v) is 1.62. The Morgan fingerprint density at radius 2 is 2.28 bits per heavy atom. The largest absolute Gasteiger partial charge is 0.389 e. The van der Waals surface area contributed by atoms with E-state index in [4.69, 9.17) is 4.74 Å². The lowest BCUT2D eigenvalue weighted by Gasteiger charge is -2.22. The van der Waals surface area contributed by atoms with Gasteiger partial charge in [0.05, 0.1) is 24.6 Å². The van der Waals surface area contributed by atoms with Gasteiger partial charge in [-0.05, 0) is 12.1 Å². The molecule has 0 saturated carbocycles. The van der Waals surface area contributed by atoms with Crippen LogP contribution in [-0.2, 0) is 4.74 Å². The minimum absolute atomic E-state index is 0.0311. The number of carbonyl (C=O) groups excluding carboxylic acids is 1. The lowest BCUT2D eigenvalue weighted by atomic mass is 10.2. The van der Waals surface area contributed by atoms with Crippen LogP contribution in [-0.4, -0.2) is 49.3 Å². The van der Waals surface area contributed by atoms with E-state index in [-0.39, 0.29) is 5.78 Å². The normalized spacial score (nSPS) is 12.2. The van der Waals surface area contributed by atoms with E-state index < -0.39 is 6.10 Å². The number of likely N-dealkylation sites (N-methyl/N-ethyl adjacent to an activating group) is 1. The Labute approximate surface area is 107 Å². The first-order valence-corrected chi connectivity index (χ1v) is 5.95. The molecule has 0 radical (unpaired) electrons. The number of rotatable bonds is 7. The second kappa shape index (κ2) is 7.08. The number of hydrogen-bond acceptors (Lipinski definition) is 5. The van der Waals surface area contributed by atoms with Gasteiger partial charge in [0, 0.05) is 27.1 Å². The highest BCUT2D eigenvalue weighted by molar-refractivity contribution is 5.94. The maximum atomic E-state index is 11.4.